The number of nitriles is 1. The average Bonchev–Trinajstić information content (AvgIpc) is 3.29. The molecule has 0 aliphatic heterocycles. The Labute approximate surface area is 196 Å². The van der Waals surface area contributed by atoms with Crippen molar-refractivity contribution in [3.63, 3.8) is 0 Å². The van der Waals surface area contributed by atoms with Gasteiger partial charge in [0.25, 0.3) is 5.91 Å². The van der Waals surface area contributed by atoms with E-state index in [2.05, 4.69) is 10.4 Å². The van der Waals surface area contributed by atoms with Gasteiger partial charge in [-0.3, -0.25) is 4.79 Å². The lowest BCUT2D eigenvalue weighted by atomic mass is 10.1. The molecular weight excluding hydrogens is 452 g/mol. The van der Waals surface area contributed by atoms with Gasteiger partial charge in [-0.1, -0.05) is 42.5 Å². The summed E-state index contributed by atoms with van der Waals surface area (Å²) in [4.78, 5) is 13.0. The van der Waals surface area contributed by atoms with Gasteiger partial charge in [0.05, 0.1) is 10.6 Å². The molecule has 5 N–H and O–H groups in total. The van der Waals surface area contributed by atoms with E-state index >= 15 is 0 Å². The molecule has 1 amide bonds. The minimum Gasteiger partial charge on any atom is -0.326 e. The Hall–Kier alpha value is -4.30. The monoisotopic (exact) mass is 472 g/mol. The number of carbonyl (C=O) groups is 1. The van der Waals surface area contributed by atoms with Gasteiger partial charge in [0, 0.05) is 23.9 Å². The Morgan fingerprint density at radius 1 is 1.03 bits per heavy atom. The van der Waals surface area contributed by atoms with E-state index in [9.17, 15) is 18.5 Å². The van der Waals surface area contributed by atoms with E-state index in [-0.39, 0.29) is 16.3 Å². The summed E-state index contributed by atoms with van der Waals surface area (Å²) in [7, 11) is -3.90. The lowest BCUT2D eigenvalue weighted by molar-refractivity contribution is 0.101. The van der Waals surface area contributed by atoms with Crippen LogP contribution in [0.25, 0.3) is 16.8 Å². The minimum absolute atomic E-state index is 0.0134. The Balaban J connectivity index is 1.63. The second-order valence-electron chi connectivity index (χ2n) is 7.39. The summed E-state index contributed by atoms with van der Waals surface area (Å²) in [5.41, 5.74) is 9.00. The molecule has 34 heavy (non-hydrogen) atoms. The normalized spacial score (nSPS) is 11.1. The Bertz CT molecular complexity index is 1520. The molecule has 0 aliphatic rings. The summed E-state index contributed by atoms with van der Waals surface area (Å²) >= 11 is 0. The number of aromatic nitrogens is 2. The molecule has 0 atom stereocenters. The highest BCUT2D eigenvalue weighted by Crippen LogP contribution is 2.27. The van der Waals surface area contributed by atoms with E-state index in [0.29, 0.717) is 29.0 Å². The number of carbonyl (C=O) groups excluding carboxylic acids is 1. The van der Waals surface area contributed by atoms with Gasteiger partial charge in [0.1, 0.15) is 11.8 Å². The minimum atomic E-state index is -3.90. The molecule has 170 valence electrons. The zero-order valence-corrected chi connectivity index (χ0v) is 18.7. The molecule has 0 saturated heterocycles. The summed E-state index contributed by atoms with van der Waals surface area (Å²) in [5.74, 6) is -0.468. The van der Waals surface area contributed by atoms with Crippen molar-refractivity contribution >= 4 is 21.6 Å². The van der Waals surface area contributed by atoms with Crippen molar-refractivity contribution in [3.05, 3.63) is 95.8 Å². The van der Waals surface area contributed by atoms with E-state index in [0.717, 1.165) is 5.56 Å². The first-order chi connectivity index (χ1) is 16.3. The molecule has 0 aliphatic carbocycles. The SMILES string of the molecule is N#Cc1cc(C(=O)Nc2ccc(-c3ccccc3S(N)(=O)=O)cc2)n(-c2cccc(CN)c2)n1. The maximum Gasteiger partial charge on any atom is 0.274 e. The van der Waals surface area contributed by atoms with Crippen LogP contribution in [0.15, 0.2) is 83.8 Å². The van der Waals surface area contributed by atoms with Crippen molar-refractivity contribution in [3.8, 4) is 22.9 Å². The van der Waals surface area contributed by atoms with Crippen LogP contribution in [0.4, 0.5) is 5.69 Å². The van der Waals surface area contributed by atoms with E-state index in [1.807, 2.05) is 12.1 Å². The van der Waals surface area contributed by atoms with Gasteiger partial charge < -0.3 is 11.1 Å². The highest BCUT2D eigenvalue weighted by molar-refractivity contribution is 7.89. The van der Waals surface area contributed by atoms with Crippen LogP contribution in [0.2, 0.25) is 0 Å². The highest BCUT2D eigenvalue weighted by atomic mass is 32.2. The van der Waals surface area contributed by atoms with Crippen molar-refractivity contribution in [1.29, 1.82) is 5.26 Å². The lowest BCUT2D eigenvalue weighted by Gasteiger charge is -2.11. The quantitative estimate of drug-likeness (QED) is 0.392. The van der Waals surface area contributed by atoms with Crippen LogP contribution in [-0.4, -0.2) is 24.1 Å². The number of primary sulfonamides is 1. The predicted octanol–water partition coefficient (Wildman–Crippen LogP) is 2.77. The number of nitrogens with zero attached hydrogens (tertiary/aromatic N) is 3. The van der Waals surface area contributed by atoms with Crippen molar-refractivity contribution in [2.45, 2.75) is 11.4 Å². The number of rotatable bonds is 6. The molecule has 1 aromatic heterocycles. The molecule has 10 heteroatoms. The van der Waals surface area contributed by atoms with Gasteiger partial charge in [0.15, 0.2) is 5.69 Å². The van der Waals surface area contributed by atoms with Crippen LogP contribution < -0.4 is 16.2 Å². The van der Waals surface area contributed by atoms with Crippen LogP contribution in [0.1, 0.15) is 21.7 Å². The van der Waals surface area contributed by atoms with Crippen LogP contribution in [0.3, 0.4) is 0 Å². The largest absolute Gasteiger partial charge is 0.326 e. The van der Waals surface area contributed by atoms with Crippen LogP contribution >= 0.6 is 0 Å². The highest BCUT2D eigenvalue weighted by Gasteiger charge is 2.18. The summed E-state index contributed by atoms with van der Waals surface area (Å²) in [6.45, 7) is 0.322. The molecule has 0 radical (unpaired) electrons. The van der Waals surface area contributed by atoms with E-state index < -0.39 is 15.9 Å². The van der Waals surface area contributed by atoms with Gasteiger partial charge in [-0.2, -0.15) is 10.4 Å². The van der Waals surface area contributed by atoms with Crippen molar-refractivity contribution < 1.29 is 13.2 Å². The molecule has 4 rings (SSSR count). The van der Waals surface area contributed by atoms with Crippen molar-refractivity contribution in [2.24, 2.45) is 10.9 Å². The van der Waals surface area contributed by atoms with Crippen LogP contribution in [-0.2, 0) is 16.6 Å². The van der Waals surface area contributed by atoms with Crippen molar-refractivity contribution in [2.75, 3.05) is 5.32 Å². The van der Waals surface area contributed by atoms with Crippen LogP contribution in [0.5, 0.6) is 0 Å². The maximum atomic E-state index is 13.0. The topological polar surface area (TPSA) is 157 Å². The Morgan fingerprint density at radius 2 is 1.76 bits per heavy atom. The third-order valence-electron chi connectivity index (χ3n) is 5.09. The molecule has 4 aromatic rings. The van der Waals surface area contributed by atoms with E-state index in [1.165, 1.54) is 16.8 Å². The van der Waals surface area contributed by atoms with Crippen LogP contribution in [0, 0.1) is 11.3 Å². The van der Waals surface area contributed by atoms with E-state index in [4.69, 9.17) is 10.9 Å². The van der Waals surface area contributed by atoms with Gasteiger partial charge in [0.2, 0.25) is 10.0 Å². The fourth-order valence-electron chi connectivity index (χ4n) is 3.49. The number of nitrogens with two attached hydrogens (primary N) is 2. The summed E-state index contributed by atoms with van der Waals surface area (Å²) < 4.78 is 25.2. The summed E-state index contributed by atoms with van der Waals surface area (Å²) in [5, 5.41) is 21.6. The lowest BCUT2D eigenvalue weighted by Crippen LogP contribution is -2.17. The smallest absolute Gasteiger partial charge is 0.274 e. The zero-order valence-electron chi connectivity index (χ0n) is 17.8. The second-order valence-corrected chi connectivity index (χ2v) is 8.91. The standard InChI is InChI=1S/C24H20N6O3S/c25-14-16-4-3-5-20(12-16)30-22(13-19(15-26)29-30)24(31)28-18-10-8-17(9-11-18)21-6-1-2-7-23(21)34(27,32)33/h1-13H,14,25H2,(H,28,31)(H2,27,32,33). The number of sulfonamides is 1. The molecule has 0 saturated carbocycles. The van der Waals surface area contributed by atoms with E-state index in [1.54, 1.807) is 60.7 Å². The third kappa shape index (κ3) is 4.72. The molecule has 3 aromatic carbocycles. The zero-order chi connectivity index (χ0) is 24.3. The van der Waals surface area contributed by atoms with Gasteiger partial charge >= 0.3 is 0 Å². The first-order valence-electron chi connectivity index (χ1n) is 10.1. The van der Waals surface area contributed by atoms with Gasteiger partial charge in [-0.25, -0.2) is 18.2 Å². The Kier molecular flexibility index (Phi) is 6.25. The molecule has 1 heterocycles. The first kappa shape index (κ1) is 22.9. The van der Waals surface area contributed by atoms with Gasteiger partial charge in [-0.15, -0.1) is 0 Å². The van der Waals surface area contributed by atoms with Gasteiger partial charge in [-0.05, 0) is 41.5 Å². The average molecular weight is 473 g/mol. The number of hydrogen-bond acceptors (Lipinski definition) is 6. The Morgan fingerprint density at radius 3 is 2.44 bits per heavy atom. The molecule has 0 unspecified atom stereocenters. The third-order valence-corrected chi connectivity index (χ3v) is 6.06. The predicted molar refractivity (Wildman–Crippen MR) is 127 cm³/mol. The second kappa shape index (κ2) is 9.29. The molecule has 0 bridgehead atoms. The number of amides is 1. The summed E-state index contributed by atoms with van der Waals surface area (Å²) in [6, 6.07) is 23.6. The molecule has 0 fully saturated rings. The number of nitrogens with one attached hydrogen (secondary N) is 1. The first-order valence-corrected chi connectivity index (χ1v) is 11.7. The van der Waals surface area contributed by atoms with Crippen molar-refractivity contribution in [1.82, 2.24) is 9.78 Å². The fourth-order valence-corrected chi connectivity index (χ4v) is 4.25. The molecule has 0 spiro atoms. The molecule has 9 nitrogen and oxygen atoms in total. The summed E-state index contributed by atoms with van der Waals surface area (Å²) in [6.07, 6.45) is 0. The fraction of sp³-hybridized carbons (Fsp3) is 0.0417. The maximum absolute atomic E-state index is 13.0. The number of hydrogen-bond donors (Lipinski definition) is 3. The number of anilines is 1. The number of benzene rings is 3. The molecular formula is C24H20N6O3S.